The zero-order chi connectivity index (χ0) is 15.3. The van der Waals surface area contributed by atoms with Gasteiger partial charge in [-0.15, -0.1) is 0 Å². The lowest BCUT2D eigenvalue weighted by Gasteiger charge is -2.14. The Hall–Kier alpha value is -1.16. The molecule has 0 saturated heterocycles. The number of hydrogen-bond donors (Lipinski definition) is 3. The van der Waals surface area contributed by atoms with Gasteiger partial charge in [-0.1, -0.05) is 0 Å². The van der Waals surface area contributed by atoms with Crippen LogP contribution in [0.1, 0.15) is 23.2 Å². The Morgan fingerprint density at radius 2 is 1.95 bits per heavy atom. The lowest BCUT2D eigenvalue weighted by Crippen LogP contribution is -2.41. The van der Waals surface area contributed by atoms with Crippen LogP contribution in [0.2, 0.25) is 0 Å². The minimum atomic E-state index is -1.26. The fraction of sp³-hybridized carbons (Fsp3) is 0.250. The maximum Gasteiger partial charge on any atom is 0.326 e. The number of carbonyl (C=O) groups is 3. The highest BCUT2D eigenvalue weighted by atomic mass is 127. The second kappa shape index (κ2) is 7.58. The molecule has 1 aromatic carbocycles. The van der Waals surface area contributed by atoms with Gasteiger partial charge in [-0.05, 0) is 63.1 Å². The van der Waals surface area contributed by atoms with Crippen LogP contribution in [0.5, 0.6) is 0 Å². The van der Waals surface area contributed by atoms with Gasteiger partial charge in [-0.3, -0.25) is 9.59 Å². The summed E-state index contributed by atoms with van der Waals surface area (Å²) in [6.45, 7) is 0. The Bertz CT molecular complexity index is 549. The van der Waals surface area contributed by atoms with Crippen molar-refractivity contribution in [1.29, 1.82) is 0 Å². The van der Waals surface area contributed by atoms with Gasteiger partial charge >= 0.3 is 11.9 Å². The van der Waals surface area contributed by atoms with Crippen LogP contribution < -0.4 is 5.32 Å². The molecule has 3 N–H and O–H groups in total. The number of carbonyl (C=O) groups excluding carboxylic acids is 1. The molecule has 1 rings (SSSR count). The minimum Gasteiger partial charge on any atom is -0.481 e. The lowest BCUT2D eigenvalue weighted by atomic mass is 10.1. The van der Waals surface area contributed by atoms with Crippen LogP contribution in [0, 0.1) is 3.57 Å². The zero-order valence-corrected chi connectivity index (χ0v) is 13.8. The van der Waals surface area contributed by atoms with Crippen molar-refractivity contribution >= 4 is 56.4 Å². The summed E-state index contributed by atoms with van der Waals surface area (Å²) >= 11 is 5.25. The highest BCUT2D eigenvalue weighted by Crippen LogP contribution is 2.19. The topological polar surface area (TPSA) is 104 Å². The van der Waals surface area contributed by atoms with Gasteiger partial charge in [-0.25, -0.2) is 4.79 Å². The molecular formula is C12H11BrINO5. The molecule has 0 radical (unpaired) electrons. The van der Waals surface area contributed by atoms with E-state index in [1.54, 1.807) is 18.2 Å². The zero-order valence-electron chi connectivity index (χ0n) is 10.1. The van der Waals surface area contributed by atoms with Gasteiger partial charge in [-0.2, -0.15) is 0 Å². The molecule has 0 spiro atoms. The third-order valence-electron chi connectivity index (χ3n) is 2.42. The van der Waals surface area contributed by atoms with E-state index in [-0.39, 0.29) is 12.8 Å². The number of nitrogens with one attached hydrogen (secondary N) is 1. The smallest absolute Gasteiger partial charge is 0.326 e. The first-order valence-electron chi connectivity index (χ1n) is 5.51. The number of carboxylic acids is 2. The molecule has 0 unspecified atom stereocenters. The Morgan fingerprint density at radius 3 is 2.50 bits per heavy atom. The van der Waals surface area contributed by atoms with E-state index < -0.39 is 23.9 Å². The predicted molar refractivity (Wildman–Crippen MR) is 82.6 cm³/mol. The number of aliphatic carboxylic acids is 2. The Balaban J connectivity index is 2.82. The van der Waals surface area contributed by atoms with Crippen LogP contribution in [-0.4, -0.2) is 34.1 Å². The normalized spacial score (nSPS) is 11.7. The minimum absolute atomic E-state index is 0.169. The van der Waals surface area contributed by atoms with Gasteiger partial charge < -0.3 is 15.5 Å². The number of carboxylic acid groups (broad SMARTS) is 2. The Labute approximate surface area is 136 Å². The van der Waals surface area contributed by atoms with Crippen molar-refractivity contribution in [3.05, 3.63) is 31.8 Å². The SMILES string of the molecule is O=C(O)CC[C@H](NC(=O)c1cc(I)ccc1Br)C(=O)O. The molecule has 1 atom stereocenters. The first-order valence-corrected chi connectivity index (χ1v) is 7.39. The molecule has 0 saturated carbocycles. The van der Waals surface area contributed by atoms with Crippen molar-refractivity contribution in [2.75, 3.05) is 0 Å². The number of halogens is 2. The summed E-state index contributed by atoms with van der Waals surface area (Å²) in [5, 5.41) is 19.9. The molecule has 0 bridgehead atoms. The maximum atomic E-state index is 12.0. The molecule has 0 aliphatic rings. The van der Waals surface area contributed by atoms with Gasteiger partial charge in [0.2, 0.25) is 0 Å². The van der Waals surface area contributed by atoms with E-state index in [0.717, 1.165) is 3.57 Å². The van der Waals surface area contributed by atoms with Crippen molar-refractivity contribution in [3.8, 4) is 0 Å². The highest BCUT2D eigenvalue weighted by molar-refractivity contribution is 14.1. The maximum absolute atomic E-state index is 12.0. The fourth-order valence-electron chi connectivity index (χ4n) is 1.43. The summed E-state index contributed by atoms with van der Waals surface area (Å²) < 4.78 is 1.37. The summed E-state index contributed by atoms with van der Waals surface area (Å²) in [6.07, 6.45) is -0.497. The molecule has 0 aliphatic heterocycles. The van der Waals surface area contributed by atoms with Crippen molar-refractivity contribution in [1.82, 2.24) is 5.32 Å². The van der Waals surface area contributed by atoms with Crippen molar-refractivity contribution < 1.29 is 24.6 Å². The molecule has 8 heteroatoms. The van der Waals surface area contributed by atoms with Crippen molar-refractivity contribution in [2.45, 2.75) is 18.9 Å². The van der Waals surface area contributed by atoms with E-state index in [0.29, 0.717) is 10.0 Å². The summed E-state index contributed by atoms with van der Waals surface area (Å²) in [5.74, 6) is -2.93. The number of rotatable bonds is 6. The fourth-order valence-corrected chi connectivity index (χ4v) is 2.35. The van der Waals surface area contributed by atoms with Gasteiger partial charge in [0.05, 0.1) is 5.56 Å². The molecular weight excluding hydrogens is 445 g/mol. The predicted octanol–water partition coefficient (Wildman–Crippen LogP) is 2.10. The molecule has 1 aromatic rings. The van der Waals surface area contributed by atoms with E-state index in [9.17, 15) is 14.4 Å². The van der Waals surface area contributed by atoms with Gasteiger partial charge in [0.25, 0.3) is 5.91 Å². The molecule has 0 aliphatic carbocycles. The van der Waals surface area contributed by atoms with E-state index >= 15 is 0 Å². The molecule has 0 fully saturated rings. The van der Waals surface area contributed by atoms with E-state index in [1.165, 1.54) is 0 Å². The van der Waals surface area contributed by atoms with Gasteiger partial charge in [0.1, 0.15) is 6.04 Å². The number of hydrogen-bond acceptors (Lipinski definition) is 3. The standard InChI is InChI=1S/C12H11BrINO5/c13-8-2-1-6(14)5-7(8)11(18)15-9(12(19)20)3-4-10(16)17/h1-2,5,9H,3-4H2,(H,15,18)(H,16,17)(H,19,20)/t9-/m0/s1. The summed E-state index contributed by atoms with van der Waals surface area (Å²) in [7, 11) is 0. The second-order valence-corrected chi connectivity index (χ2v) is 6.02. The Kier molecular flexibility index (Phi) is 6.40. The summed E-state index contributed by atoms with van der Waals surface area (Å²) in [4.78, 5) is 33.5. The first-order chi connectivity index (χ1) is 9.31. The van der Waals surface area contributed by atoms with E-state index in [2.05, 4.69) is 21.2 Å². The molecule has 0 heterocycles. The quantitative estimate of drug-likeness (QED) is 0.570. The largest absolute Gasteiger partial charge is 0.481 e. The molecule has 6 nitrogen and oxygen atoms in total. The van der Waals surface area contributed by atoms with Gasteiger partial charge in [0.15, 0.2) is 0 Å². The first kappa shape index (κ1) is 16.9. The Morgan fingerprint density at radius 1 is 1.30 bits per heavy atom. The number of benzene rings is 1. The van der Waals surface area contributed by atoms with E-state index in [1.807, 2.05) is 22.6 Å². The van der Waals surface area contributed by atoms with Crippen LogP contribution in [0.15, 0.2) is 22.7 Å². The van der Waals surface area contributed by atoms with E-state index in [4.69, 9.17) is 10.2 Å². The van der Waals surface area contributed by atoms with Crippen LogP contribution in [0.25, 0.3) is 0 Å². The van der Waals surface area contributed by atoms with Crippen molar-refractivity contribution in [2.24, 2.45) is 0 Å². The summed E-state index contributed by atoms with van der Waals surface area (Å²) in [6, 6.07) is 3.85. The average molecular weight is 456 g/mol. The monoisotopic (exact) mass is 455 g/mol. The molecule has 108 valence electrons. The summed E-state index contributed by atoms with van der Waals surface area (Å²) in [5.41, 5.74) is 0.304. The van der Waals surface area contributed by atoms with Crippen LogP contribution in [-0.2, 0) is 9.59 Å². The van der Waals surface area contributed by atoms with Crippen LogP contribution >= 0.6 is 38.5 Å². The highest BCUT2D eigenvalue weighted by Gasteiger charge is 2.22. The third kappa shape index (κ3) is 5.08. The third-order valence-corrected chi connectivity index (χ3v) is 3.79. The van der Waals surface area contributed by atoms with Gasteiger partial charge in [0, 0.05) is 14.5 Å². The van der Waals surface area contributed by atoms with Crippen LogP contribution in [0.3, 0.4) is 0 Å². The molecule has 0 aromatic heterocycles. The molecule has 20 heavy (non-hydrogen) atoms. The average Bonchev–Trinajstić information content (AvgIpc) is 2.36. The second-order valence-electron chi connectivity index (χ2n) is 3.92. The lowest BCUT2D eigenvalue weighted by molar-refractivity contribution is -0.140. The van der Waals surface area contributed by atoms with Crippen molar-refractivity contribution in [3.63, 3.8) is 0 Å². The molecule has 1 amide bonds. The van der Waals surface area contributed by atoms with Crippen LogP contribution in [0.4, 0.5) is 0 Å². The number of amides is 1.